The highest BCUT2D eigenvalue weighted by Crippen LogP contribution is 2.45. The van der Waals surface area contributed by atoms with Gasteiger partial charge in [0.05, 0.1) is 17.7 Å². The fourth-order valence-corrected chi connectivity index (χ4v) is 5.88. The number of amides is 1. The van der Waals surface area contributed by atoms with Crippen molar-refractivity contribution < 1.29 is 13.7 Å². The molecule has 1 aliphatic heterocycles. The molecule has 2 aliphatic rings. The normalized spacial score (nSPS) is 15.8. The fraction of sp³-hybridized carbons (Fsp3) is 0.222. The van der Waals surface area contributed by atoms with Gasteiger partial charge in [0.15, 0.2) is 0 Å². The molecule has 0 unspecified atom stereocenters. The predicted molar refractivity (Wildman–Crippen MR) is 129 cm³/mol. The predicted octanol–water partition coefficient (Wildman–Crippen LogP) is 6.52. The first-order valence-corrected chi connectivity index (χ1v) is 12.3. The number of anilines is 1. The molecule has 1 aromatic heterocycles. The monoisotopic (exact) mass is 471 g/mol. The van der Waals surface area contributed by atoms with Crippen molar-refractivity contribution in [1.82, 2.24) is 10.1 Å². The van der Waals surface area contributed by atoms with Gasteiger partial charge in [0, 0.05) is 21.4 Å². The van der Waals surface area contributed by atoms with E-state index in [4.69, 9.17) is 4.52 Å². The minimum atomic E-state index is -0.274. The van der Waals surface area contributed by atoms with Crippen LogP contribution in [0.3, 0.4) is 0 Å². The second kappa shape index (κ2) is 8.72. The third-order valence-corrected chi connectivity index (χ3v) is 7.58. The van der Waals surface area contributed by atoms with Crippen LogP contribution in [0.15, 0.2) is 81.0 Å². The van der Waals surface area contributed by atoms with E-state index in [1.807, 2.05) is 47.4 Å². The molecule has 0 spiro atoms. The van der Waals surface area contributed by atoms with Crippen molar-refractivity contribution in [3.05, 3.63) is 89.6 Å². The number of carbonyl (C=O) groups excluding carboxylic acids is 1. The lowest BCUT2D eigenvalue weighted by Gasteiger charge is -2.29. The molecule has 0 bridgehead atoms. The van der Waals surface area contributed by atoms with Gasteiger partial charge >= 0.3 is 0 Å². The van der Waals surface area contributed by atoms with Gasteiger partial charge in [-0.25, -0.2) is 4.39 Å². The molecule has 0 radical (unpaired) electrons. The van der Waals surface area contributed by atoms with E-state index in [0.29, 0.717) is 18.1 Å². The van der Waals surface area contributed by atoms with Gasteiger partial charge < -0.3 is 9.42 Å². The summed E-state index contributed by atoms with van der Waals surface area (Å²) < 4.78 is 18.7. The van der Waals surface area contributed by atoms with Crippen LogP contribution in [0.25, 0.3) is 11.4 Å². The molecule has 6 rings (SSSR count). The molecule has 1 amide bonds. The number of hydrogen-bond acceptors (Lipinski definition) is 5. The second-order valence-electron chi connectivity index (χ2n) is 8.71. The summed E-state index contributed by atoms with van der Waals surface area (Å²) in [6.07, 6.45) is 4.78. The van der Waals surface area contributed by atoms with Crippen molar-refractivity contribution in [2.45, 2.75) is 47.9 Å². The van der Waals surface area contributed by atoms with E-state index in [9.17, 15) is 9.18 Å². The van der Waals surface area contributed by atoms with Crippen molar-refractivity contribution in [1.29, 1.82) is 0 Å². The summed E-state index contributed by atoms with van der Waals surface area (Å²) in [5.41, 5.74) is 3.42. The molecule has 0 N–H and O–H groups in total. The first kappa shape index (κ1) is 21.1. The molecule has 0 saturated heterocycles. The molecule has 1 fully saturated rings. The summed E-state index contributed by atoms with van der Waals surface area (Å²) in [5.74, 6) is 0.765. The Hall–Kier alpha value is -3.45. The van der Waals surface area contributed by atoms with Crippen LogP contribution in [0.2, 0.25) is 0 Å². The average Bonchev–Trinajstić information content (AvgIpc) is 3.53. The van der Waals surface area contributed by atoms with Gasteiger partial charge in [0.2, 0.25) is 11.7 Å². The molecule has 170 valence electrons. The third-order valence-electron chi connectivity index (χ3n) is 6.46. The third kappa shape index (κ3) is 3.90. The molecule has 1 saturated carbocycles. The van der Waals surface area contributed by atoms with Crippen LogP contribution in [-0.2, 0) is 6.42 Å². The topological polar surface area (TPSA) is 59.2 Å². The lowest BCUT2D eigenvalue weighted by Crippen LogP contribution is -2.39. The highest BCUT2D eigenvalue weighted by molar-refractivity contribution is 7.99. The Bertz CT molecular complexity index is 1360. The minimum absolute atomic E-state index is 0.0719. The zero-order valence-electron chi connectivity index (χ0n) is 18.4. The van der Waals surface area contributed by atoms with E-state index >= 15 is 0 Å². The number of fused-ring (bicyclic) bond motifs is 2. The van der Waals surface area contributed by atoms with E-state index in [1.54, 1.807) is 23.9 Å². The van der Waals surface area contributed by atoms with Gasteiger partial charge in [0.25, 0.3) is 5.91 Å². The Balaban J connectivity index is 1.36. The van der Waals surface area contributed by atoms with Crippen LogP contribution in [0.5, 0.6) is 0 Å². The van der Waals surface area contributed by atoms with Gasteiger partial charge in [0.1, 0.15) is 5.82 Å². The maximum atomic E-state index is 13.6. The van der Waals surface area contributed by atoms with E-state index in [-0.39, 0.29) is 17.8 Å². The average molecular weight is 472 g/mol. The molecule has 34 heavy (non-hydrogen) atoms. The zero-order chi connectivity index (χ0) is 23.1. The van der Waals surface area contributed by atoms with Crippen LogP contribution < -0.4 is 4.90 Å². The molecule has 1 aliphatic carbocycles. The van der Waals surface area contributed by atoms with Gasteiger partial charge in [-0.05, 0) is 60.9 Å². The van der Waals surface area contributed by atoms with Crippen LogP contribution in [-0.4, -0.2) is 22.1 Å². The molecule has 7 heteroatoms. The maximum absolute atomic E-state index is 13.6. The number of nitrogens with zero attached hydrogens (tertiary/aromatic N) is 3. The Kier molecular flexibility index (Phi) is 5.41. The van der Waals surface area contributed by atoms with Gasteiger partial charge in [-0.15, -0.1) is 0 Å². The Morgan fingerprint density at radius 3 is 2.62 bits per heavy atom. The summed E-state index contributed by atoms with van der Waals surface area (Å²) in [6.45, 7) is 0. The van der Waals surface area contributed by atoms with Gasteiger partial charge in [-0.2, -0.15) is 4.98 Å². The number of hydrogen-bond donors (Lipinski definition) is 0. The van der Waals surface area contributed by atoms with E-state index in [0.717, 1.165) is 57.9 Å². The fourth-order valence-electron chi connectivity index (χ4n) is 4.77. The van der Waals surface area contributed by atoms with Crippen molar-refractivity contribution >= 4 is 23.4 Å². The SMILES string of the molecule is O=C1c2ccccc2Sc2cc(-c3noc(Cc4ccc(F)cc4)n3)ccc2N1C1CCCC1. The smallest absolute Gasteiger partial charge is 0.259 e. The van der Waals surface area contributed by atoms with Crippen LogP contribution in [0.4, 0.5) is 10.1 Å². The van der Waals surface area contributed by atoms with Gasteiger partial charge in [-0.1, -0.05) is 54.0 Å². The van der Waals surface area contributed by atoms with Crippen molar-refractivity contribution in [2.75, 3.05) is 4.90 Å². The lowest BCUT2D eigenvalue weighted by atomic mass is 10.1. The summed E-state index contributed by atoms with van der Waals surface area (Å²) in [4.78, 5) is 22.1. The lowest BCUT2D eigenvalue weighted by molar-refractivity contribution is 0.0974. The summed E-state index contributed by atoms with van der Waals surface area (Å²) in [5, 5.41) is 4.18. The maximum Gasteiger partial charge on any atom is 0.259 e. The van der Waals surface area contributed by atoms with Crippen LogP contribution in [0, 0.1) is 5.82 Å². The standard InChI is InChI=1S/C27H22FN3O2S/c28-19-12-9-17(10-13-19)15-25-29-26(30-33-25)18-11-14-22-24(16-18)34-23-8-4-3-7-21(23)27(32)31(22)20-5-1-2-6-20/h3-4,7-14,16,20H,1-2,5-6,15H2. The highest BCUT2D eigenvalue weighted by Gasteiger charge is 2.34. The summed E-state index contributed by atoms with van der Waals surface area (Å²) >= 11 is 1.61. The van der Waals surface area contributed by atoms with Crippen LogP contribution in [0.1, 0.15) is 47.5 Å². The van der Waals surface area contributed by atoms with E-state index in [1.165, 1.54) is 12.1 Å². The molecule has 0 atom stereocenters. The number of benzene rings is 3. The number of aromatic nitrogens is 2. The molecule has 5 nitrogen and oxygen atoms in total. The largest absolute Gasteiger partial charge is 0.339 e. The number of rotatable bonds is 4. The minimum Gasteiger partial charge on any atom is -0.339 e. The number of halogens is 1. The first-order chi connectivity index (χ1) is 16.7. The molecule has 3 aromatic carbocycles. The summed E-state index contributed by atoms with van der Waals surface area (Å²) in [6, 6.07) is 20.3. The first-order valence-electron chi connectivity index (χ1n) is 11.5. The van der Waals surface area contributed by atoms with E-state index in [2.05, 4.69) is 10.1 Å². The molecule has 4 aromatic rings. The molecular weight excluding hydrogens is 449 g/mol. The zero-order valence-corrected chi connectivity index (χ0v) is 19.2. The summed E-state index contributed by atoms with van der Waals surface area (Å²) in [7, 11) is 0. The van der Waals surface area contributed by atoms with Crippen LogP contribution >= 0.6 is 11.8 Å². The van der Waals surface area contributed by atoms with Crippen molar-refractivity contribution in [2.24, 2.45) is 0 Å². The molecule has 2 heterocycles. The van der Waals surface area contributed by atoms with E-state index < -0.39 is 0 Å². The van der Waals surface area contributed by atoms with Crippen molar-refractivity contribution in [3.8, 4) is 11.4 Å². The molecular formula is C27H22FN3O2S. The second-order valence-corrected chi connectivity index (χ2v) is 9.79. The Labute approximate surface area is 201 Å². The Morgan fingerprint density at radius 1 is 1.00 bits per heavy atom. The highest BCUT2D eigenvalue weighted by atomic mass is 32.2. The quantitative estimate of drug-likeness (QED) is 0.339. The number of carbonyl (C=O) groups is 1. The Morgan fingerprint density at radius 2 is 1.79 bits per heavy atom. The van der Waals surface area contributed by atoms with Gasteiger partial charge in [-0.3, -0.25) is 4.79 Å². The van der Waals surface area contributed by atoms with Crippen molar-refractivity contribution in [3.63, 3.8) is 0 Å².